The molecule has 88 valence electrons. The standard InChI is InChI=1S/C11H21NO3/c1-11(2,3)12-6-4-5-8(10(14)15)9(12)7-13/h8-9,13H,4-7H2,1-3H3,(H,14,15)/t8?,9-/m0/s1. The number of rotatable bonds is 2. The summed E-state index contributed by atoms with van der Waals surface area (Å²) in [6.45, 7) is 6.96. The van der Waals surface area contributed by atoms with Crippen LogP contribution in [0, 0.1) is 5.92 Å². The van der Waals surface area contributed by atoms with Gasteiger partial charge in [-0.25, -0.2) is 0 Å². The molecule has 0 saturated carbocycles. The number of hydrogen-bond donors (Lipinski definition) is 2. The molecule has 4 heteroatoms. The molecule has 0 bridgehead atoms. The average molecular weight is 215 g/mol. The number of carbonyl (C=O) groups is 1. The van der Waals surface area contributed by atoms with Crippen LogP contribution in [-0.2, 0) is 4.79 Å². The van der Waals surface area contributed by atoms with E-state index in [-0.39, 0.29) is 18.2 Å². The quantitative estimate of drug-likeness (QED) is 0.719. The van der Waals surface area contributed by atoms with Gasteiger partial charge in [0.2, 0.25) is 0 Å². The predicted octanol–water partition coefficient (Wildman–Crippen LogP) is 0.942. The lowest BCUT2D eigenvalue weighted by molar-refractivity contribution is -0.148. The van der Waals surface area contributed by atoms with Gasteiger partial charge >= 0.3 is 5.97 Å². The average Bonchev–Trinajstić information content (AvgIpc) is 2.15. The van der Waals surface area contributed by atoms with E-state index < -0.39 is 11.9 Å². The van der Waals surface area contributed by atoms with Crippen LogP contribution in [0.15, 0.2) is 0 Å². The summed E-state index contributed by atoms with van der Waals surface area (Å²) in [6, 6.07) is -0.240. The number of carboxylic acid groups (broad SMARTS) is 1. The first-order valence-corrected chi connectivity index (χ1v) is 5.48. The van der Waals surface area contributed by atoms with Crippen molar-refractivity contribution in [1.29, 1.82) is 0 Å². The molecule has 0 aromatic carbocycles. The van der Waals surface area contributed by atoms with Crippen LogP contribution >= 0.6 is 0 Å². The molecule has 2 N–H and O–H groups in total. The van der Waals surface area contributed by atoms with Crippen molar-refractivity contribution in [1.82, 2.24) is 4.90 Å². The minimum atomic E-state index is -0.789. The summed E-state index contributed by atoms with van der Waals surface area (Å²) in [5.74, 6) is -1.22. The third kappa shape index (κ3) is 2.69. The molecule has 1 heterocycles. The Balaban J connectivity index is 2.85. The molecular formula is C11H21NO3. The number of nitrogens with zero attached hydrogens (tertiary/aromatic N) is 1. The summed E-state index contributed by atoms with van der Waals surface area (Å²) in [7, 11) is 0. The number of aliphatic hydroxyl groups is 1. The van der Waals surface area contributed by atoms with Gasteiger partial charge in [0.15, 0.2) is 0 Å². The lowest BCUT2D eigenvalue weighted by Gasteiger charge is -2.46. The minimum absolute atomic E-state index is 0.0752. The SMILES string of the molecule is CC(C)(C)N1CCCC(C(=O)O)[C@@H]1CO. The van der Waals surface area contributed by atoms with Crippen molar-refractivity contribution >= 4 is 5.97 Å². The van der Waals surface area contributed by atoms with Crippen LogP contribution < -0.4 is 0 Å². The van der Waals surface area contributed by atoms with E-state index in [4.69, 9.17) is 5.11 Å². The van der Waals surface area contributed by atoms with Gasteiger partial charge in [0, 0.05) is 11.6 Å². The number of aliphatic hydroxyl groups excluding tert-OH is 1. The molecule has 0 aliphatic carbocycles. The number of aliphatic carboxylic acids is 1. The monoisotopic (exact) mass is 215 g/mol. The van der Waals surface area contributed by atoms with Crippen molar-refractivity contribution in [2.45, 2.75) is 45.2 Å². The highest BCUT2D eigenvalue weighted by atomic mass is 16.4. The Hall–Kier alpha value is -0.610. The van der Waals surface area contributed by atoms with Gasteiger partial charge in [0.1, 0.15) is 0 Å². The van der Waals surface area contributed by atoms with Crippen LogP contribution in [0.2, 0.25) is 0 Å². The van der Waals surface area contributed by atoms with Crippen molar-refractivity contribution in [3.05, 3.63) is 0 Å². The maximum Gasteiger partial charge on any atom is 0.308 e. The van der Waals surface area contributed by atoms with Crippen molar-refractivity contribution in [2.75, 3.05) is 13.2 Å². The number of piperidine rings is 1. The van der Waals surface area contributed by atoms with Gasteiger partial charge in [-0.05, 0) is 40.2 Å². The van der Waals surface area contributed by atoms with Crippen LogP contribution in [0.3, 0.4) is 0 Å². The molecule has 1 unspecified atom stereocenters. The van der Waals surface area contributed by atoms with E-state index in [2.05, 4.69) is 25.7 Å². The van der Waals surface area contributed by atoms with Crippen molar-refractivity contribution in [3.8, 4) is 0 Å². The molecule has 4 nitrogen and oxygen atoms in total. The molecule has 0 amide bonds. The highest BCUT2D eigenvalue weighted by molar-refractivity contribution is 5.71. The van der Waals surface area contributed by atoms with Gasteiger partial charge in [-0.2, -0.15) is 0 Å². The fourth-order valence-corrected chi connectivity index (χ4v) is 2.40. The first kappa shape index (κ1) is 12.5. The lowest BCUT2D eigenvalue weighted by Crippen LogP contribution is -2.57. The Morgan fingerprint density at radius 3 is 2.47 bits per heavy atom. The number of likely N-dealkylation sites (tertiary alicyclic amines) is 1. The molecule has 1 rings (SSSR count). The van der Waals surface area contributed by atoms with Gasteiger partial charge in [-0.3, -0.25) is 9.69 Å². The van der Waals surface area contributed by atoms with Crippen LogP contribution in [-0.4, -0.2) is 45.8 Å². The van der Waals surface area contributed by atoms with E-state index in [0.29, 0.717) is 6.42 Å². The zero-order chi connectivity index (χ0) is 11.6. The summed E-state index contributed by atoms with van der Waals surface area (Å²) in [5, 5.41) is 18.4. The Kier molecular flexibility index (Phi) is 3.73. The molecule has 0 spiro atoms. The van der Waals surface area contributed by atoms with Gasteiger partial charge in [-0.1, -0.05) is 0 Å². The maximum atomic E-state index is 11.1. The molecule has 1 fully saturated rings. The van der Waals surface area contributed by atoms with E-state index in [1.54, 1.807) is 0 Å². The normalized spacial score (nSPS) is 29.1. The second-order valence-corrected chi connectivity index (χ2v) is 5.20. The molecule has 15 heavy (non-hydrogen) atoms. The topological polar surface area (TPSA) is 60.8 Å². The predicted molar refractivity (Wildman–Crippen MR) is 57.7 cm³/mol. The fraction of sp³-hybridized carbons (Fsp3) is 0.909. The summed E-state index contributed by atoms with van der Waals surface area (Å²) in [6.07, 6.45) is 1.57. The van der Waals surface area contributed by atoms with E-state index in [1.165, 1.54) is 0 Å². The Morgan fingerprint density at radius 2 is 2.07 bits per heavy atom. The van der Waals surface area contributed by atoms with E-state index in [0.717, 1.165) is 13.0 Å². The Bertz CT molecular complexity index is 234. The molecule has 0 radical (unpaired) electrons. The highest BCUT2D eigenvalue weighted by Gasteiger charge is 2.39. The Labute approximate surface area is 90.9 Å². The summed E-state index contributed by atoms with van der Waals surface area (Å²) in [4.78, 5) is 13.2. The van der Waals surface area contributed by atoms with Gasteiger partial charge in [-0.15, -0.1) is 0 Å². The van der Waals surface area contributed by atoms with Crippen molar-refractivity contribution in [3.63, 3.8) is 0 Å². The molecule has 2 atom stereocenters. The summed E-state index contributed by atoms with van der Waals surface area (Å²) < 4.78 is 0. The van der Waals surface area contributed by atoms with Gasteiger partial charge in [0.25, 0.3) is 0 Å². The molecular weight excluding hydrogens is 194 g/mol. The first-order chi connectivity index (χ1) is 6.88. The van der Waals surface area contributed by atoms with Crippen molar-refractivity contribution < 1.29 is 15.0 Å². The third-order valence-electron chi connectivity index (χ3n) is 3.14. The van der Waals surface area contributed by atoms with Gasteiger partial charge < -0.3 is 10.2 Å². The lowest BCUT2D eigenvalue weighted by atomic mass is 9.86. The second kappa shape index (κ2) is 4.49. The van der Waals surface area contributed by atoms with Crippen LogP contribution in [0.5, 0.6) is 0 Å². The molecule has 1 saturated heterocycles. The van der Waals surface area contributed by atoms with E-state index >= 15 is 0 Å². The minimum Gasteiger partial charge on any atom is -0.481 e. The van der Waals surface area contributed by atoms with Crippen LogP contribution in [0.25, 0.3) is 0 Å². The van der Waals surface area contributed by atoms with Crippen LogP contribution in [0.4, 0.5) is 0 Å². The molecule has 1 aliphatic heterocycles. The Morgan fingerprint density at radius 1 is 1.47 bits per heavy atom. The molecule has 0 aromatic heterocycles. The first-order valence-electron chi connectivity index (χ1n) is 5.48. The highest BCUT2D eigenvalue weighted by Crippen LogP contribution is 2.29. The van der Waals surface area contributed by atoms with Crippen molar-refractivity contribution in [2.24, 2.45) is 5.92 Å². The second-order valence-electron chi connectivity index (χ2n) is 5.20. The molecule has 1 aliphatic rings. The number of carboxylic acids is 1. The largest absolute Gasteiger partial charge is 0.481 e. The molecule has 0 aromatic rings. The third-order valence-corrected chi connectivity index (χ3v) is 3.14. The summed E-state index contributed by atoms with van der Waals surface area (Å²) in [5.41, 5.74) is -0.0818. The zero-order valence-electron chi connectivity index (χ0n) is 9.73. The fourth-order valence-electron chi connectivity index (χ4n) is 2.40. The van der Waals surface area contributed by atoms with E-state index in [1.807, 2.05) is 0 Å². The summed E-state index contributed by atoms with van der Waals surface area (Å²) >= 11 is 0. The smallest absolute Gasteiger partial charge is 0.308 e. The number of hydrogen-bond acceptors (Lipinski definition) is 3. The van der Waals surface area contributed by atoms with Gasteiger partial charge in [0.05, 0.1) is 12.5 Å². The van der Waals surface area contributed by atoms with Crippen LogP contribution in [0.1, 0.15) is 33.6 Å². The zero-order valence-corrected chi connectivity index (χ0v) is 9.73. The van der Waals surface area contributed by atoms with E-state index in [9.17, 15) is 9.90 Å². The maximum absolute atomic E-state index is 11.1.